The maximum atomic E-state index is 14.0. The van der Waals surface area contributed by atoms with Crippen LogP contribution in [-0.2, 0) is 16.8 Å². The number of amides is 1. The molecule has 0 fully saturated rings. The predicted molar refractivity (Wildman–Crippen MR) is 140 cm³/mol. The maximum absolute atomic E-state index is 14.0. The molecule has 5 rings (SSSR count). The highest BCUT2D eigenvalue weighted by atomic mass is 32.2. The van der Waals surface area contributed by atoms with Gasteiger partial charge in [-0.25, -0.2) is 4.98 Å². The van der Waals surface area contributed by atoms with E-state index in [2.05, 4.69) is 63.8 Å². The van der Waals surface area contributed by atoms with Crippen molar-refractivity contribution in [1.82, 2.24) is 15.3 Å². The quantitative estimate of drug-likeness (QED) is 0.206. The molecule has 0 radical (unpaired) electrons. The first kappa shape index (κ1) is 22.8. The van der Waals surface area contributed by atoms with Crippen LogP contribution >= 0.6 is 23.1 Å². The molecule has 0 bridgehead atoms. The molecule has 1 aliphatic carbocycles. The molecule has 1 aliphatic rings. The standard InChI is InChI=1S/C28H27N3OS2/c32-26(31-20-21-10-6-8-16-29-21)28(15-7-1-9-18-33-27-30-17-19-34-27)24-13-4-2-11-22(24)23-12-3-5-14-25(23)28/h2-6,8,10-14,16-17,19H,1,7,9,15,18,20H2,(H,31,32). The van der Waals surface area contributed by atoms with Crippen molar-refractivity contribution in [3.63, 3.8) is 0 Å². The second-order valence-electron chi connectivity index (χ2n) is 8.46. The number of fused-ring (bicyclic) bond motifs is 3. The highest BCUT2D eigenvalue weighted by Crippen LogP contribution is 2.51. The first-order chi connectivity index (χ1) is 16.8. The van der Waals surface area contributed by atoms with Crippen LogP contribution in [0, 0.1) is 0 Å². The van der Waals surface area contributed by atoms with Gasteiger partial charge in [-0.3, -0.25) is 9.78 Å². The van der Waals surface area contributed by atoms with Crippen LogP contribution in [-0.4, -0.2) is 21.6 Å². The number of nitrogens with zero attached hydrogens (tertiary/aromatic N) is 2. The molecule has 0 aliphatic heterocycles. The normalized spacial score (nSPS) is 13.3. The van der Waals surface area contributed by atoms with E-state index in [-0.39, 0.29) is 5.91 Å². The number of unbranched alkanes of at least 4 members (excludes halogenated alkanes) is 2. The fourth-order valence-corrected chi connectivity index (χ4v) is 6.59. The number of carbonyl (C=O) groups excluding carboxylic acids is 1. The summed E-state index contributed by atoms with van der Waals surface area (Å²) in [7, 11) is 0. The number of benzene rings is 2. The van der Waals surface area contributed by atoms with E-state index >= 15 is 0 Å². The second-order valence-corrected chi connectivity index (χ2v) is 10.7. The SMILES string of the molecule is O=C(NCc1ccccn1)C1(CCCCCSc2nccs2)c2ccccc2-c2ccccc21. The topological polar surface area (TPSA) is 54.9 Å². The molecule has 0 saturated carbocycles. The molecule has 0 spiro atoms. The Morgan fingerprint density at radius 3 is 2.26 bits per heavy atom. The Kier molecular flexibility index (Phi) is 7.07. The van der Waals surface area contributed by atoms with Gasteiger partial charge in [0.15, 0.2) is 0 Å². The molecule has 4 nitrogen and oxygen atoms in total. The molecule has 1 N–H and O–H groups in total. The molecule has 0 atom stereocenters. The highest BCUT2D eigenvalue weighted by Gasteiger charge is 2.48. The minimum atomic E-state index is -0.676. The van der Waals surface area contributed by atoms with E-state index in [0.29, 0.717) is 6.54 Å². The second kappa shape index (κ2) is 10.5. The summed E-state index contributed by atoms with van der Waals surface area (Å²) in [5.41, 5.74) is 4.77. The number of hydrogen-bond acceptors (Lipinski definition) is 5. The van der Waals surface area contributed by atoms with Crippen LogP contribution in [0.3, 0.4) is 0 Å². The van der Waals surface area contributed by atoms with Gasteiger partial charge in [0.1, 0.15) is 9.75 Å². The highest BCUT2D eigenvalue weighted by molar-refractivity contribution is 8.00. The molecule has 2 aromatic heterocycles. The van der Waals surface area contributed by atoms with Gasteiger partial charge in [0.25, 0.3) is 0 Å². The van der Waals surface area contributed by atoms with Crippen molar-refractivity contribution in [2.75, 3.05) is 5.75 Å². The van der Waals surface area contributed by atoms with E-state index in [1.165, 1.54) is 11.1 Å². The van der Waals surface area contributed by atoms with Crippen molar-refractivity contribution in [3.05, 3.63) is 101 Å². The zero-order valence-electron chi connectivity index (χ0n) is 18.9. The minimum absolute atomic E-state index is 0.0627. The summed E-state index contributed by atoms with van der Waals surface area (Å²) in [6.45, 7) is 0.427. The molecule has 1 amide bonds. The number of rotatable bonds is 10. The summed E-state index contributed by atoms with van der Waals surface area (Å²) in [5.74, 6) is 1.12. The Bertz CT molecular complexity index is 1200. The number of nitrogens with one attached hydrogen (secondary N) is 1. The van der Waals surface area contributed by atoms with Crippen LogP contribution in [0.15, 0.2) is 88.8 Å². The van der Waals surface area contributed by atoms with Crippen molar-refractivity contribution in [2.24, 2.45) is 0 Å². The van der Waals surface area contributed by atoms with Crippen LogP contribution in [0.5, 0.6) is 0 Å². The molecular weight excluding hydrogens is 458 g/mol. The lowest BCUT2D eigenvalue weighted by Gasteiger charge is -2.31. The van der Waals surface area contributed by atoms with E-state index in [9.17, 15) is 4.79 Å². The van der Waals surface area contributed by atoms with Crippen LogP contribution in [0.4, 0.5) is 0 Å². The maximum Gasteiger partial charge on any atom is 0.235 e. The van der Waals surface area contributed by atoms with Crippen molar-refractivity contribution in [2.45, 2.75) is 42.0 Å². The van der Waals surface area contributed by atoms with E-state index in [4.69, 9.17) is 0 Å². The van der Waals surface area contributed by atoms with Gasteiger partial charge in [-0.1, -0.05) is 79.2 Å². The summed E-state index contributed by atoms with van der Waals surface area (Å²) >= 11 is 3.51. The third kappa shape index (κ3) is 4.52. The van der Waals surface area contributed by atoms with Crippen LogP contribution < -0.4 is 5.32 Å². The molecule has 34 heavy (non-hydrogen) atoms. The zero-order chi connectivity index (χ0) is 23.2. The summed E-state index contributed by atoms with van der Waals surface area (Å²) in [5, 5.41) is 5.24. The van der Waals surface area contributed by atoms with Gasteiger partial charge in [-0.05, 0) is 47.2 Å². The van der Waals surface area contributed by atoms with Gasteiger partial charge in [0.05, 0.1) is 12.2 Å². The zero-order valence-corrected chi connectivity index (χ0v) is 20.6. The first-order valence-electron chi connectivity index (χ1n) is 11.7. The van der Waals surface area contributed by atoms with Crippen LogP contribution in [0.25, 0.3) is 11.1 Å². The summed E-state index contributed by atoms with van der Waals surface area (Å²) in [4.78, 5) is 22.7. The van der Waals surface area contributed by atoms with E-state index in [1.807, 2.05) is 41.5 Å². The largest absolute Gasteiger partial charge is 0.349 e. The lowest BCUT2D eigenvalue weighted by molar-refractivity contribution is -0.125. The fourth-order valence-electron chi connectivity index (χ4n) is 4.89. The number of hydrogen-bond donors (Lipinski definition) is 1. The van der Waals surface area contributed by atoms with Crippen molar-refractivity contribution in [3.8, 4) is 11.1 Å². The summed E-state index contributed by atoms with van der Waals surface area (Å²) in [6, 6.07) is 22.6. The van der Waals surface area contributed by atoms with Crippen molar-refractivity contribution < 1.29 is 4.79 Å². The Hall–Kier alpha value is -2.96. The Morgan fingerprint density at radius 1 is 0.853 bits per heavy atom. The molecule has 2 heterocycles. The van der Waals surface area contributed by atoms with Crippen molar-refractivity contribution in [1.29, 1.82) is 0 Å². The molecule has 6 heteroatoms. The number of thioether (sulfide) groups is 1. The Morgan fingerprint density at radius 2 is 1.59 bits per heavy atom. The van der Waals surface area contributed by atoms with Gasteiger partial charge in [0, 0.05) is 23.5 Å². The lowest BCUT2D eigenvalue weighted by Crippen LogP contribution is -2.44. The number of carbonyl (C=O) groups is 1. The van der Waals surface area contributed by atoms with E-state index < -0.39 is 5.41 Å². The smallest absolute Gasteiger partial charge is 0.235 e. The molecular formula is C28H27N3OS2. The minimum Gasteiger partial charge on any atom is -0.349 e. The van der Waals surface area contributed by atoms with Gasteiger partial charge in [-0.2, -0.15) is 0 Å². The van der Waals surface area contributed by atoms with Crippen molar-refractivity contribution >= 4 is 29.0 Å². The molecule has 172 valence electrons. The molecule has 4 aromatic rings. The van der Waals surface area contributed by atoms with Gasteiger partial charge in [-0.15, -0.1) is 11.3 Å². The summed E-state index contributed by atoms with van der Waals surface area (Å²) < 4.78 is 1.13. The Labute approximate surface area is 208 Å². The predicted octanol–water partition coefficient (Wildman–Crippen LogP) is 6.47. The number of pyridine rings is 1. The average Bonchev–Trinajstić information content (AvgIpc) is 3.51. The number of thiazole rings is 1. The van der Waals surface area contributed by atoms with Crippen LogP contribution in [0.2, 0.25) is 0 Å². The monoisotopic (exact) mass is 485 g/mol. The fraction of sp³-hybridized carbons (Fsp3) is 0.250. The van der Waals surface area contributed by atoms with Gasteiger partial charge in [0.2, 0.25) is 5.91 Å². The molecule has 0 saturated heterocycles. The molecule has 2 aromatic carbocycles. The average molecular weight is 486 g/mol. The van der Waals surface area contributed by atoms with E-state index in [0.717, 1.165) is 52.6 Å². The van der Waals surface area contributed by atoms with Gasteiger partial charge < -0.3 is 5.32 Å². The number of aromatic nitrogens is 2. The summed E-state index contributed by atoms with van der Waals surface area (Å²) in [6.07, 6.45) is 7.59. The first-order valence-corrected chi connectivity index (χ1v) is 13.6. The van der Waals surface area contributed by atoms with Gasteiger partial charge >= 0.3 is 0 Å². The third-order valence-electron chi connectivity index (χ3n) is 6.44. The third-order valence-corrected chi connectivity index (χ3v) is 8.49. The lowest BCUT2D eigenvalue weighted by atomic mass is 9.73. The Balaban J connectivity index is 1.36. The van der Waals surface area contributed by atoms with Crippen LogP contribution in [0.1, 0.15) is 42.5 Å². The molecule has 0 unspecified atom stereocenters. The van der Waals surface area contributed by atoms with E-state index in [1.54, 1.807) is 17.5 Å².